The fraction of sp³-hybridized carbons (Fsp3) is 0.417. The molecule has 1 aromatic heterocycles. The van der Waals surface area contributed by atoms with Crippen LogP contribution in [0.2, 0.25) is 0 Å². The third kappa shape index (κ3) is 2.88. The van der Waals surface area contributed by atoms with Gasteiger partial charge in [-0.1, -0.05) is 6.07 Å². The number of nitrogens with two attached hydrogens (primary N) is 1. The van der Waals surface area contributed by atoms with Gasteiger partial charge in [0.05, 0.1) is 0 Å². The van der Waals surface area contributed by atoms with Crippen LogP contribution in [0.15, 0.2) is 24.5 Å². The van der Waals surface area contributed by atoms with Crippen molar-refractivity contribution in [1.29, 1.82) is 0 Å². The van der Waals surface area contributed by atoms with E-state index in [1.807, 2.05) is 12.1 Å². The lowest BCUT2D eigenvalue weighted by molar-refractivity contribution is -0.141. The highest BCUT2D eigenvalue weighted by molar-refractivity contribution is 5.97. The van der Waals surface area contributed by atoms with Gasteiger partial charge in [-0.2, -0.15) is 0 Å². The molecule has 5 nitrogen and oxygen atoms in total. The lowest BCUT2D eigenvalue weighted by Crippen LogP contribution is -2.34. The van der Waals surface area contributed by atoms with Crippen molar-refractivity contribution in [1.82, 2.24) is 9.88 Å². The van der Waals surface area contributed by atoms with Gasteiger partial charge in [0.2, 0.25) is 11.8 Å². The Balaban J connectivity index is 1.88. The zero-order valence-corrected chi connectivity index (χ0v) is 9.50. The van der Waals surface area contributed by atoms with E-state index in [4.69, 9.17) is 5.73 Å². The number of aromatic nitrogens is 1. The van der Waals surface area contributed by atoms with Crippen molar-refractivity contribution in [3.05, 3.63) is 30.1 Å². The zero-order chi connectivity index (χ0) is 12.3. The first-order valence-corrected chi connectivity index (χ1v) is 5.64. The van der Waals surface area contributed by atoms with Gasteiger partial charge in [-0.3, -0.25) is 19.5 Å². The zero-order valence-electron chi connectivity index (χ0n) is 9.50. The van der Waals surface area contributed by atoms with E-state index in [2.05, 4.69) is 4.98 Å². The van der Waals surface area contributed by atoms with Gasteiger partial charge in [-0.25, -0.2) is 0 Å². The number of nitrogens with zero attached hydrogens (tertiary/aromatic N) is 2. The van der Waals surface area contributed by atoms with Gasteiger partial charge in [-0.15, -0.1) is 0 Å². The Bertz CT molecular complexity index is 419. The van der Waals surface area contributed by atoms with E-state index in [0.29, 0.717) is 19.4 Å². The summed E-state index contributed by atoms with van der Waals surface area (Å²) in [4.78, 5) is 28.5. The maximum absolute atomic E-state index is 11.8. The van der Waals surface area contributed by atoms with Crippen LogP contribution in [-0.2, 0) is 16.0 Å². The Morgan fingerprint density at radius 3 is 3.00 bits per heavy atom. The predicted molar refractivity (Wildman–Crippen MR) is 61.9 cm³/mol. The van der Waals surface area contributed by atoms with Crippen LogP contribution in [0.25, 0.3) is 0 Å². The highest BCUT2D eigenvalue weighted by atomic mass is 16.2. The summed E-state index contributed by atoms with van der Waals surface area (Å²) in [5.41, 5.74) is 6.63. The fourth-order valence-corrected chi connectivity index (χ4v) is 1.91. The second-order valence-electron chi connectivity index (χ2n) is 4.22. The molecule has 2 heterocycles. The number of carbonyl (C=O) groups excluding carboxylic acids is 2. The van der Waals surface area contributed by atoms with E-state index in [1.54, 1.807) is 12.4 Å². The van der Waals surface area contributed by atoms with Crippen LogP contribution >= 0.6 is 0 Å². The van der Waals surface area contributed by atoms with Crippen LogP contribution in [-0.4, -0.2) is 34.3 Å². The maximum Gasteiger partial charge on any atom is 0.230 e. The molecule has 90 valence electrons. The molecule has 1 fully saturated rings. The normalized spacial score (nSPS) is 19.7. The second-order valence-corrected chi connectivity index (χ2v) is 4.22. The molecule has 2 N–H and O–H groups in total. The van der Waals surface area contributed by atoms with E-state index >= 15 is 0 Å². The summed E-state index contributed by atoms with van der Waals surface area (Å²) in [6.45, 7) is 0.352. The van der Waals surface area contributed by atoms with E-state index in [-0.39, 0.29) is 24.3 Å². The molecule has 17 heavy (non-hydrogen) atoms. The number of hydrogen-bond donors (Lipinski definition) is 1. The number of aryl methyl sites for hydroxylation is 1. The summed E-state index contributed by atoms with van der Waals surface area (Å²) in [5, 5.41) is 0. The van der Waals surface area contributed by atoms with Crippen LogP contribution < -0.4 is 5.73 Å². The Morgan fingerprint density at radius 2 is 2.41 bits per heavy atom. The smallest absolute Gasteiger partial charge is 0.230 e. The minimum atomic E-state index is -0.204. The van der Waals surface area contributed by atoms with Gasteiger partial charge in [-0.05, 0) is 18.1 Å². The molecule has 1 atom stereocenters. The maximum atomic E-state index is 11.8. The molecule has 0 saturated carbocycles. The van der Waals surface area contributed by atoms with E-state index in [1.165, 1.54) is 4.90 Å². The third-order valence-corrected chi connectivity index (χ3v) is 2.81. The van der Waals surface area contributed by atoms with Gasteiger partial charge in [0.25, 0.3) is 0 Å². The first kappa shape index (κ1) is 11.7. The van der Waals surface area contributed by atoms with Crippen molar-refractivity contribution in [2.45, 2.75) is 25.3 Å². The first-order valence-electron chi connectivity index (χ1n) is 5.64. The average molecular weight is 233 g/mol. The van der Waals surface area contributed by atoms with E-state index < -0.39 is 0 Å². The molecule has 0 spiro atoms. The number of imide groups is 1. The van der Waals surface area contributed by atoms with Crippen molar-refractivity contribution in [3.8, 4) is 0 Å². The van der Waals surface area contributed by atoms with Crippen LogP contribution in [0.4, 0.5) is 0 Å². The number of pyridine rings is 1. The van der Waals surface area contributed by atoms with Crippen molar-refractivity contribution < 1.29 is 9.59 Å². The SMILES string of the molecule is NC1CC(=O)N(C(=O)CCc2cccnc2)C1. The molecule has 2 amide bonds. The van der Waals surface area contributed by atoms with Crippen molar-refractivity contribution in [3.63, 3.8) is 0 Å². The summed E-state index contributed by atoms with van der Waals surface area (Å²) in [5.74, 6) is -0.305. The van der Waals surface area contributed by atoms with Crippen molar-refractivity contribution >= 4 is 11.8 Å². The molecule has 1 aromatic rings. The molecule has 0 aliphatic carbocycles. The molecule has 1 aliphatic rings. The fourth-order valence-electron chi connectivity index (χ4n) is 1.91. The van der Waals surface area contributed by atoms with Crippen LogP contribution in [0.3, 0.4) is 0 Å². The van der Waals surface area contributed by atoms with Gasteiger partial charge in [0, 0.05) is 37.8 Å². The van der Waals surface area contributed by atoms with Gasteiger partial charge >= 0.3 is 0 Å². The van der Waals surface area contributed by atoms with Crippen LogP contribution in [0.1, 0.15) is 18.4 Å². The molecule has 0 radical (unpaired) electrons. The van der Waals surface area contributed by atoms with Crippen molar-refractivity contribution in [2.24, 2.45) is 5.73 Å². The lowest BCUT2D eigenvalue weighted by Gasteiger charge is -2.13. The molecule has 1 aliphatic heterocycles. The Hall–Kier alpha value is -1.75. The molecule has 0 aromatic carbocycles. The standard InChI is InChI=1S/C12H15N3O2/c13-10-6-12(17)15(8-10)11(16)4-3-9-2-1-5-14-7-9/h1-2,5,7,10H,3-4,6,8,13H2. The first-order chi connectivity index (χ1) is 8.16. The van der Waals surface area contributed by atoms with Gasteiger partial charge in [0.1, 0.15) is 0 Å². The third-order valence-electron chi connectivity index (χ3n) is 2.81. The summed E-state index contributed by atoms with van der Waals surface area (Å²) >= 11 is 0. The minimum Gasteiger partial charge on any atom is -0.326 e. The monoisotopic (exact) mass is 233 g/mol. The summed E-state index contributed by atoms with van der Waals surface area (Å²) in [6.07, 6.45) is 4.62. The molecule has 0 bridgehead atoms. The number of likely N-dealkylation sites (tertiary alicyclic amines) is 1. The molecular weight excluding hydrogens is 218 g/mol. The lowest BCUT2D eigenvalue weighted by atomic mass is 10.1. The molecule has 1 saturated heterocycles. The molecule has 2 rings (SSSR count). The highest BCUT2D eigenvalue weighted by Gasteiger charge is 2.31. The molecule has 5 heteroatoms. The number of amides is 2. The molecular formula is C12H15N3O2. The van der Waals surface area contributed by atoms with Gasteiger partial charge < -0.3 is 5.73 Å². The highest BCUT2D eigenvalue weighted by Crippen LogP contribution is 2.12. The molecule has 1 unspecified atom stereocenters. The number of hydrogen-bond acceptors (Lipinski definition) is 4. The van der Waals surface area contributed by atoms with E-state index in [9.17, 15) is 9.59 Å². The van der Waals surface area contributed by atoms with Crippen LogP contribution in [0, 0.1) is 0 Å². The summed E-state index contributed by atoms with van der Waals surface area (Å²) in [7, 11) is 0. The second kappa shape index (κ2) is 5.05. The van der Waals surface area contributed by atoms with Crippen molar-refractivity contribution in [2.75, 3.05) is 6.54 Å². The minimum absolute atomic E-state index is 0.146. The number of carbonyl (C=O) groups is 2. The number of rotatable bonds is 3. The topological polar surface area (TPSA) is 76.3 Å². The van der Waals surface area contributed by atoms with E-state index in [0.717, 1.165) is 5.56 Å². The predicted octanol–water partition coefficient (Wildman–Crippen LogP) is 0.100. The quantitative estimate of drug-likeness (QED) is 0.803. The Morgan fingerprint density at radius 1 is 1.59 bits per heavy atom. The summed E-state index contributed by atoms with van der Waals surface area (Å²) in [6, 6.07) is 3.54. The Labute approximate surface area is 99.6 Å². The van der Waals surface area contributed by atoms with Gasteiger partial charge in [0.15, 0.2) is 0 Å². The average Bonchev–Trinajstić information content (AvgIpc) is 2.67. The summed E-state index contributed by atoms with van der Waals surface area (Å²) < 4.78 is 0. The Kier molecular flexibility index (Phi) is 3.49. The largest absolute Gasteiger partial charge is 0.326 e. The van der Waals surface area contributed by atoms with Crippen LogP contribution in [0.5, 0.6) is 0 Å².